The molecule has 0 saturated heterocycles. The number of rotatable bonds is 5. The smallest absolute Gasteiger partial charge is 0.232 e. The van der Waals surface area contributed by atoms with E-state index < -0.39 is 5.92 Å². The van der Waals surface area contributed by atoms with E-state index in [4.69, 9.17) is 18.9 Å². The fourth-order valence-electron chi connectivity index (χ4n) is 3.35. The Bertz CT molecular complexity index is 818. The zero-order chi connectivity index (χ0) is 18.7. The van der Waals surface area contributed by atoms with Crippen molar-refractivity contribution in [1.29, 1.82) is 0 Å². The Morgan fingerprint density at radius 3 is 2.12 bits per heavy atom. The molecule has 1 unspecified atom stereocenters. The third-order valence-corrected chi connectivity index (χ3v) is 4.65. The van der Waals surface area contributed by atoms with Crippen LogP contribution < -0.4 is 24.3 Å². The third kappa shape index (κ3) is 3.14. The molecule has 0 bridgehead atoms. The Hall–Kier alpha value is -2.89. The standard InChI is InChI=1S/C20H23NO5/c1-23-15-6-5-13(10-16(15)24-2)19-14-11-18(26-4)17(25-3)9-12(14)7-8-21-20(19)22/h5-6,9-11,19H,7-8H2,1-4H3,(H,21,22). The quantitative estimate of drug-likeness (QED) is 0.891. The predicted octanol–water partition coefficient (Wildman–Crippen LogP) is 2.53. The van der Waals surface area contributed by atoms with Gasteiger partial charge in [0.2, 0.25) is 5.91 Å². The van der Waals surface area contributed by atoms with Gasteiger partial charge in [-0.05, 0) is 47.4 Å². The minimum atomic E-state index is -0.466. The molecule has 1 N–H and O–H groups in total. The highest BCUT2D eigenvalue weighted by Gasteiger charge is 2.30. The predicted molar refractivity (Wildman–Crippen MR) is 97.6 cm³/mol. The van der Waals surface area contributed by atoms with Gasteiger partial charge >= 0.3 is 0 Å². The lowest BCUT2D eigenvalue weighted by Gasteiger charge is -2.20. The average molecular weight is 357 g/mol. The Balaban J connectivity index is 2.16. The lowest BCUT2D eigenvalue weighted by atomic mass is 9.87. The molecule has 3 rings (SSSR count). The zero-order valence-corrected chi connectivity index (χ0v) is 15.4. The maximum absolute atomic E-state index is 12.8. The summed E-state index contributed by atoms with van der Waals surface area (Å²) in [4.78, 5) is 12.8. The summed E-state index contributed by atoms with van der Waals surface area (Å²) < 4.78 is 21.6. The van der Waals surface area contributed by atoms with Gasteiger partial charge in [0.05, 0.1) is 34.4 Å². The maximum atomic E-state index is 12.8. The monoisotopic (exact) mass is 357 g/mol. The number of amides is 1. The molecule has 0 aromatic heterocycles. The summed E-state index contributed by atoms with van der Waals surface area (Å²) in [7, 11) is 6.36. The molecule has 0 aliphatic carbocycles. The normalized spacial score (nSPS) is 16.2. The molecule has 2 aromatic rings. The van der Waals surface area contributed by atoms with E-state index in [2.05, 4.69) is 5.32 Å². The minimum Gasteiger partial charge on any atom is -0.493 e. The lowest BCUT2D eigenvalue weighted by molar-refractivity contribution is -0.121. The molecular formula is C20H23NO5. The van der Waals surface area contributed by atoms with Crippen LogP contribution in [0.4, 0.5) is 0 Å². The summed E-state index contributed by atoms with van der Waals surface area (Å²) >= 11 is 0. The van der Waals surface area contributed by atoms with Crippen molar-refractivity contribution in [2.24, 2.45) is 0 Å². The van der Waals surface area contributed by atoms with Crippen molar-refractivity contribution < 1.29 is 23.7 Å². The molecule has 1 aliphatic rings. The van der Waals surface area contributed by atoms with Crippen molar-refractivity contribution in [1.82, 2.24) is 5.32 Å². The van der Waals surface area contributed by atoms with Crippen molar-refractivity contribution in [2.75, 3.05) is 35.0 Å². The molecule has 1 atom stereocenters. The van der Waals surface area contributed by atoms with E-state index in [9.17, 15) is 4.79 Å². The SMILES string of the molecule is COc1ccc(C2C(=O)NCCc3cc(OC)c(OC)cc32)cc1OC. The van der Waals surface area contributed by atoms with E-state index in [1.807, 2.05) is 30.3 Å². The highest BCUT2D eigenvalue weighted by atomic mass is 16.5. The van der Waals surface area contributed by atoms with Crippen LogP contribution in [0.15, 0.2) is 30.3 Å². The van der Waals surface area contributed by atoms with Gasteiger partial charge in [-0.1, -0.05) is 6.07 Å². The number of fused-ring (bicyclic) bond motifs is 1. The molecule has 1 amide bonds. The Kier molecular flexibility index (Phi) is 5.21. The number of carbonyl (C=O) groups is 1. The summed E-state index contributed by atoms with van der Waals surface area (Å²) in [5, 5.41) is 2.99. The van der Waals surface area contributed by atoms with Crippen LogP contribution in [-0.2, 0) is 11.2 Å². The molecule has 2 aromatic carbocycles. The minimum absolute atomic E-state index is 0.0526. The maximum Gasteiger partial charge on any atom is 0.232 e. The van der Waals surface area contributed by atoms with Gasteiger partial charge in [-0.25, -0.2) is 0 Å². The zero-order valence-electron chi connectivity index (χ0n) is 15.4. The summed E-state index contributed by atoms with van der Waals surface area (Å²) in [5.41, 5.74) is 2.79. The molecule has 6 nitrogen and oxygen atoms in total. The van der Waals surface area contributed by atoms with Crippen LogP contribution >= 0.6 is 0 Å². The van der Waals surface area contributed by atoms with E-state index in [-0.39, 0.29) is 5.91 Å². The first kappa shape index (κ1) is 17.9. The van der Waals surface area contributed by atoms with Crippen molar-refractivity contribution in [3.63, 3.8) is 0 Å². The van der Waals surface area contributed by atoms with Crippen LogP contribution in [0.5, 0.6) is 23.0 Å². The molecule has 138 valence electrons. The first-order chi connectivity index (χ1) is 12.6. The second-order valence-corrected chi connectivity index (χ2v) is 5.99. The Morgan fingerprint density at radius 2 is 1.46 bits per heavy atom. The van der Waals surface area contributed by atoms with Gasteiger partial charge in [0, 0.05) is 6.54 Å². The molecule has 0 fully saturated rings. The highest BCUT2D eigenvalue weighted by Crippen LogP contribution is 2.39. The fourth-order valence-corrected chi connectivity index (χ4v) is 3.35. The Labute approximate surface area is 153 Å². The van der Waals surface area contributed by atoms with Gasteiger partial charge in [0.15, 0.2) is 23.0 Å². The van der Waals surface area contributed by atoms with Crippen molar-refractivity contribution in [2.45, 2.75) is 12.3 Å². The van der Waals surface area contributed by atoms with Crippen LogP contribution in [0.2, 0.25) is 0 Å². The lowest BCUT2D eigenvalue weighted by Crippen LogP contribution is -2.28. The summed E-state index contributed by atoms with van der Waals surface area (Å²) in [6, 6.07) is 9.38. The van der Waals surface area contributed by atoms with Gasteiger partial charge in [-0.3, -0.25) is 4.79 Å². The fraction of sp³-hybridized carbons (Fsp3) is 0.350. The van der Waals surface area contributed by atoms with Crippen LogP contribution in [0.1, 0.15) is 22.6 Å². The highest BCUT2D eigenvalue weighted by molar-refractivity contribution is 5.88. The molecule has 1 aliphatic heterocycles. The van der Waals surface area contributed by atoms with Gasteiger partial charge in [-0.15, -0.1) is 0 Å². The second kappa shape index (κ2) is 7.56. The molecule has 0 saturated carbocycles. The molecule has 1 heterocycles. The first-order valence-electron chi connectivity index (χ1n) is 8.37. The largest absolute Gasteiger partial charge is 0.493 e. The number of hydrogen-bond donors (Lipinski definition) is 1. The first-order valence-corrected chi connectivity index (χ1v) is 8.37. The number of hydrogen-bond acceptors (Lipinski definition) is 5. The van der Waals surface area contributed by atoms with Crippen molar-refractivity contribution in [3.05, 3.63) is 47.0 Å². The summed E-state index contributed by atoms with van der Waals surface area (Å²) in [6.07, 6.45) is 0.727. The van der Waals surface area contributed by atoms with Crippen molar-refractivity contribution in [3.8, 4) is 23.0 Å². The van der Waals surface area contributed by atoms with E-state index in [0.29, 0.717) is 29.5 Å². The van der Waals surface area contributed by atoms with Gasteiger partial charge < -0.3 is 24.3 Å². The van der Waals surface area contributed by atoms with E-state index in [1.54, 1.807) is 28.4 Å². The summed E-state index contributed by atoms with van der Waals surface area (Å²) in [6.45, 7) is 0.575. The topological polar surface area (TPSA) is 66.0 Å². The van der Waals surface area contributed by atoms with Crippen LogP contribution in [0, 0.1) is 0 Å². The molecule has 26 heavy (non-hydrogen) atoms. The molecule has 6 heteroatoms. The number of nitrogens with one attached hydrogen (secondary N) is 1. The van der Waals surface area contributed by atoms with Gasteiger partial charge in [0.1, 0.15) is 0 Å². The van der Waals surface area contributed by atoms with Crippen LogP contribution in [0.25, 0.3) is 0 Å². The van der Waals surface area contributed by atoms with E-state index >= 15 is 0 Å². The van der Waals surface area contributed by atoms with E-state index in [0.717, 1.165) is 23.1 Å². The summed E-state index contributed by atoms with van der Waals surface area (Å²) in [5.74, 6) is 1.95. The molecular weight excluding hydrogens is 334 g/mol. The third-order valence-electron chi connectivity index (χ3n) is 4.65. The van der Waals surface area contributed by atoms with Crippen LogP contribution in [0.3, 0.4) is 0 Å². The number of carbonyl (C=O) groups excluding carboxylic acids is 1. The van der Waals surface area contributed by atoms with Gasteiger partial charge in [-0.2, -0.15) is 0 Å². The Morgan fingerprint density at radius 1 is 0.846 bits per heavy atom. The number of benzene rings is 2. The molecule has 0 radical (unpaired) electrons. The number of methoxy groups -OCH3 is 4. The average Bonchev–Trinajstić information content (AvgIpc) is 2.83. The van der Waals surface area contributed by atoms with E-state index in [1.165, 1.54) is 0 Å². The number of ether oxygens (including phenoxy) is 4. The van der Waals surface area contributed by atoms with Gasteiger partial charge in [0.25, 0.3) is 0 Å². The van der Waals surface area contributed by atoms with Crippen LogP contribution in [-0.4, -0.2) is 40.9 Å². The van der Waals surface area contributed by atoms with Crippen molar-refractivity contribution >= 4 is 5.91 Å². The molecule has 0 spiro atoms. The second-order valence-electron chi connectivity index (χ2n) is 5.99.